The molecule has 0 saturated heterocycles. The highest BCUT2D eigenvalue weighted by Gasteiger charge is 2.15. The zero-order valence-corrected chi connectivity index (χ0v) is 11.6. The lowest BCUT2D eigenvalue weighted by molar-refractivity contribution is 0.0778. The van der Waals surface area contributed by atoms with Crippen molar-refractivity contribution in [1.82, 2.24) is 15.1 Å². The van der Waals surface area contributed by atoms with E-state index in [1.807, 2.05) is 0 Å². The van der Waals surface area contributed by atoms with Crippen LogP contribution in [0.4, 0.5) is 5.82 Å². The van der Waals surface area contributed by atoms with Crippen LogP contribution < -0.4 is 5.32 Å². The number of hydrogen-bond donors (Lipinski definition) is 1. The first-order valence-electron chi connectivity index (χ1n) is 6.31. The summed E-state index contributed by atoms with van der Waals surface area (Å²) in [5.74, 6) is 0.232. The quantitative estimate of drug-likeness (QED) is 0.839. The van der Waals surface area contributed by atoms with E-state index in [1.165, 1.54) is 4.90 Å². The minimum atomic E-state index is -0.225. The van der Waals surface area contributed by atoms with Crippen LogP contribution in [0.1, 0.15) is 30.8 Å². The molecule has 0 bridgehead atoms. The van der Waals surface area contributed by atoms with Crippen molar-refractivity contribution in [3.05, 3.63) is 17.8 Å². The molecule has 0 aliphatic heterocycles. The van der Waals surface area contributed by atoms with E-state index < -0.39 is 0 Å². The maximum Gasteiger partial charge on any atom is 0.274 e. The van der Waals surface area contributed by atoms with Gasteiger partial charge in [-0.2, -0.15) is 5.26 Å². The Labute approximate surface area is 113 Å². The molecule has 1 aromatic heterocycles. The lowest BCUT2D eigenvalue weighted by Crippen LogP contribution is -2.31. The molecule has 1 N–H and O–H groups in total. The van der Waals surface area contributed by atoms with Gasteiger partial charge in [0.2, 0.25) is 0 Å². The van der Waals surface area contributed by atoms with E-state index in [0.717, 1.165) is 13.0 Å². The van der Waals surface area contributed by atoms with E-state index in [-0.39, 0.29) is 17.5 Å². The fourth-order valence-corrected chi connectivity index (χ4v) is 1.52. The van der Waals surface area contributed by atoms with Crippen molar-refractivity contribution in [2.24, 2.45) is 5.92 Å². The summed E-state index contributed by atoms with van der Waals surface area (Å²) in [6, 6.07) is 5.47. The number of nitrogens with one attached hydrogen (secondary N) is 1. The second kappa shape index (κ2) is 7.31. The molecule has 0 radical (unpaired) electrons. The summed E-state index contributed by atoms with van der Waals surface area (Å²) in [6.07, 6.45) is 0.997. The molecule has 6 heteroatoms. The molecule has 0 aromatic carbocycles. The van der Waals surface area contributed by atoms with Gasteiger partial charge in [0.15, 0.2) is 5.69 Å². The van der Waals surface area contributed by atoms with E-state index in [2.05, 4.69) is 28.5 Å². The Morgan fingerprint density at radius 1 is 1.53 bits per heavy atom. The van der Waals surface area contributed by atoms with Crippen LogP contribution in [0.3, 0.4) is 0 Å². The average molecular weight is 261 g/mol. The van der Waals surface area contributed by atoms with Crippen LogP contribution in [0.15, 0.2) is 12.1 Å². The standard InChI is InChI=1S/C13H19N5O/c1-4-7-15-12-6-5-11(16-17-12)13(19)18(3)9-10(2)8-14/h5-6,10H,4,7,9H2,1-3H3,(H,15,17). The summed E-state index contributed by atoms with van der Waals surface area (Å²) in [7, 11) is 1.65. The minimum absolute atomic E-state index is 0.201. The Balaban J connectivity index is 2.64. The van der Waals surface area contributed by atoms with Crippen molar-refractivity contribution in [3.8, 4) is 6.07 Å². The first kappa shape index (κ1) is 14.9. The SMILES string of the molecule is CCCNc1ccc(C(=O)N(C)CC(C)C#N)nn1. The van der Waals surface area contributed by atoms with Gasteiger partial charge in [-0.15, -0.1) is 10.2 Å². The van der Waals surface area contributed by atoms with Crippen molar-refractivity contribution in [3.63, 3.8) is 0 Å². The normalized spacial score (nSPS) is 11.5. The van der Waals surface area contributed by atoms with Crippen molar-refractivity contribution in [1.29, 1.82) is 5.26 Å². The molecule has 102 valence electrons. The van der Waals surface area contributed by atoms with Crippen LogP contribution in [0.25, 0.3) is 0 Å². The molecule has 0 saturated carbocycles. The van der Waals surface area contributed by atoms with Gasteiger partial charge in [0.1, 0.15) is 5.82 Å². The molecule has 0 aliphatic carbocycles. The maximum atomic E-state index is 12.0. The van der Waals surface area contributed by atoms with E-state index in [9.17, 15) is 4.79 Å². The number of amides is 1. The molecule has 1 heterocycles. The molecule has 1 amide bonds. The summed E-state index contributed by atoms with van der Waals surface area (Å²) in [5.41, 5.74) is 0.287. The summed E-state index contributed by atoms with van der Waals surface area (Å²) >= 11 is 0. The minimum Gasteiger partial charge on any atom is -0.369 e. The van der Waals surface area contributed by atoms with Crippen LogP contribution in [0.5, 0.6) is 0 Å². The largest absolute Gasteiger partial charge is 0.369 e. The topological polar surface area (TPSA) is 81.9 Å². The highest BCUT2D eigenvalue weighted by molar-refractivity contribution is 5.92. The van der Waals surface area contributed by atoms with Gasteiger partial charge in [-0.3, -0.25) is 4.79 Å². The molecule has 1 aromatic rings. The third kappa shape index (κ3) is 4.54. The van der Waals surface area contributed by atoms with Gasteiger partial charge in [-0.05, 0) is 25.5 Å². The lowest BCUT2D eigenvalue weighted by atomic mass is 10.2. The zero-order valence-electron chi connectivity index (χ0n) is 11.6. The van der Waals surface area contributed by atoms with Gasteiger partial charge in [-0.1, -0.05) is 6.92 Å². The summed E-state index contributed by atoms with van der Waals surface area (Å²) in [5, 5.41) is 19.7. The number of aromatic nitrogens is 2. The second-order valence-electron chi connectivity index (χ2n) is 4.45. The summed E-state index contributed by atoms with van der Waals surface area (Å²) in [6.45, 7) is 5.03. The van der Waals surface area contributed by atoms with Crippen LogP contribution in [-0.4, -0.2) is 41.1 Å². The van der Waals surface area contributed by atoms with Gasteiger partial charge >= 0.3 is 0 Å². The summed E-state index contributed by atoms with van der Waals surface area (Å²) in [4.78, 5) is 13.5. The van der Waals surface area contributed by atoms with Gasteiger partial charge < -0.3 is 10.2 Å². The van der Waals surface area contributed by atoms with Crippen molar-refractivity contribution in [2.75, 3.05) is 25.5 Å². The number of carbonyl (C=O) groups excluding carboxylic acids is 1. The maximum absolute atomic E-state index is 12.0. The van der Waals surface area contributed by atoms with Crippen LogP contribution in [0, 0.1) is 17.2 Å². The number of carbonyl (C=O) groups is 1. The Hall–Kier alpha value is -2.16. The zero-order chi connectivity index (χ0) is 14.3. The van der Waals surface area contributed by atoms with E-state index in [1.54, 1.807) is 26.1 Å². The van der Waals surface area contributed by atoms with E-state index >= 15 is 0 Å². The predicted molar refractivity (Wildman–Crippen MR) is 72.6 cm³/mol. The van der Waals surface area contributed by atoms with Crippen molar-refractivity contribution >= 4 is 11.7 Å². The predicted octanol–water partition coefficient (Wildman–Crippen LogP) is 1.53. The Morgan fingerprint density at radius 2 is 2.26 bits per heavy atom. The lowest BCUT2D eigenvalue weighted by Gasteiger charge is -2.17. The van der Waals surface area contributed by atoms with E-state index in [0.29, 0.717) is 12.4 Å². The van der Waals surface area contributed by atoms with Gasteiger partial charge in [0.05, 0.1) is 12.0 Å². The first-order chi connectivity index (χ1) is 9.08. The van der Waals surface area contributed by atoms with Crippen LogP contribution >= 0.6 is 0 Å². The van der Waals surface area contributed by atoms with Crippen LogP contribution in [-0.2, 0) is 0 Å². The molecule has 0 aliphatic rings. The molecule has 0 fully saturated rings. The fourth-order valence-electron chi connectivity index (χ4n) is 1.52. The fraction of sp³-hybridized carbons (Fsp3) is 0.538. The first-order valence-corrected chi connectivity index (χ1v) is 6.31. The third-order valence-corrected chi connectivity index (χ3v) is 2.55. The van der Waals surface area contributed by atoms with Crippen molar-refractivity contribution in [2.45, 2.75) is 20.3 Å². The Bertz CT molecular complexity index is 451. The van der Waals surface area contributed by atoms with E-state index in [4.69, 9.17) is 5.26 Å². The van der Waals surface area contributed by atoms with Gasteiger partial charge in [-0.25, -0.2) is 0 Å². The molecule has 1 atom stereocenters. The third-order valence-electron chi connectivity index (χ3n) is 2.55. The molecule has 1 rings (SSSR count). The number of rotatable bonds is 6. The van der Waals surface area contributed by atoms with Gasteiger partial charge in [0, 0.05) is 20.1 Å². The Morgan fingerprint density at radius 3 is 2.79 bits per heavy atom. The molecule has 1 unspecified atom stereocenters. The molecule has 19 heavy (non-hydrogen) atoms. The number of nitriles is 1. The molecular formula is C13H19N5O. The average Bonchev–Trinajstić information content (AvgIpc) is 2.44. The highest BCUT2D eigenvalue weighted by atomic mass is 16.2. The monoisotopic (exact) mass is 261 g/mol. The summed E-state index contributed by atoms with van der Waals surface area (Å²) < 4.78 is 0. The van der Waals surface area contributed by atoms with Gasteiger partial charge in [0.25, 0.3) is 5.91 Å². The second-order valence-corrected chi connectivity index (χ2v) is 4.45. The molecular weight excluding hydrogens is 242 g/mol. The highest BCUT2D eigenvalue weighted by Crippen LogP contribution is 2.06. The van der Waals surface area contributed by atoms with Crippen LogP contribution in [0.2, 0.25) is 0 Å². The number of hydrogen-bond acceptors (Lipinski definition) is 5. The smallest absolute Gasteiger partial charge is 0.274 e. The molecule has 6 nitrogen and oxygen atoms in total. The Kier molecular flexibility index (Phi) is 5.73. The number of anilines is 1. The molecule has 0 spiro atoms. The van der Waals surface area contributed by atoms with Crippen molar-refractivity contribution < 1.29 is 4.79 Å². The number of nitrogens with zero attached hydrogens (tertiary/aromatic N) is 4.